The molecule has 6 aromatic rings. The van der Waals surface area contributed by atoms with E-state index in [0.29, 0.717) is 0 Å². The molecule has 1 heteroatoms. The molecule has 6 aromatic carbocycles. The molecule has 0 aliphatic rings. The highest BCUT2D eigenvalue weighted by molar-refractivity contribution is 6.01. The van der Waals surface area contributed by atoms with Gasteiger partial charge < -0.3 is 4.90 Å². The Morgan fingerprint density at radius 3 is 1.27 bits per heavy atom. The van der Waals surface area contributed by atoms with E-state index in [-0.39, 0.29) is 0 Å². The zero-order valence-electron chi connectivity index (χ0n) is 23.1. The molecule has 0 amide bonds. The van der Waals surface area contributed by atoms with Gasteiger partial charge in [0.25, 0.3) is 0 Å². The maximum absolute atomic E-state index is 2.38. The fourth-order valence-corrected chi connectivity index (χ4v) is 4.46. The van der Waals surface area contributed by atoms with Gasteiger partial charge in [-0.2, -0.15) is 0 Å². The molecule has 0 spiro atoms. The first-order chi connectivity index (χ1) is 18.4. The molecular formula is C36H39N. The molecule has 0 aliphatic carbocycles. The van der Waals surface area contributed by atoms with E-state index < -0.39 is 0 Å². The number of anilines is 3. The zero-order valence-corrected chi connectivity index (χ0v) is 23.1. The minimum Gasteiger partial charge on any atom is -0.310 e. The number of fused-ring (bicyclic) bond motifs is 3. The van der Waals surface area contributed by atoms with Crippen LogP contribution < -0.4 is 4.90 Å². The van der Waals surface area contributed by atoms with Crippen LogP contribution in [0.5, 0.6) is 0 Å². The van der Waals surface area contributed by atoms with Crippen LogP contribution in [0.3, 0.4) is 0 Å². The number of benzene rings is 6. The molecule has 0 atom stereocenters. The van der Waals surface area contributed by atoms with Crippen molar-refractivity contribution in [3.63, 3.8) is 0 Å². The molecule has 37 heavy (non-hydrogen) atoms. The van der Waals surface area contributed by atoms with Crippen LogP contribution in [-0.2, 0) is 0 Å². The van der Waals surface area contributed by atoms with E-state index in [0.717, 1.165) is 11.4 Å². The maximum atomic E-state index is 2.38. The summed E-state index contributed by atoms with van der Waals surface area (Å²) in [7, 11) is 0. The maximum Gasteiger partial charge on any atom is 0.0540 e. The topological polar surface area (TPSA) is 3.24 Å². The van der Waals surface area contributed by atoms with Crippen LogP contribution in [0.15, 0.2) is 127 Å². The molecule has 0 N–H and O–H groups in total. The van der Waals surface area contributed by atoms with Crippen LogP contribution in [0, 0.1) is 0 Å². The molecule has 6 rings (SSSR count). The van der Waals surface area contributed by atoms with Crippen molar-refractivity contribution in [3.05, 3.63) is 127 Å². The highest BCUT2D eigenvalue weighted by atomic mass is 15.1. The van der Waals surface area contributed by atoms with Gasteiger partial charge in [-0.1, -0.05) is 139 Å². The van der Waals surface area contributed by atoms with Gasteiger partial charge in [-0.3, -0.25) is 0 Å². The minimum atomic E-state index is 1.16. The molecule has 0 aliphatic heterocycles. The molecule has 0 saturated carbocycles. The molecule has 0 radical (unpaired) electrons. The quantitative estimate of drug-likeness (QED) is 0.241. The van der Waals surface area contributed by atoms with Gasteiger partial charge >= 0.3 is 0 Å². The predicted octanol–water partition coefficient (Wildman–Crippen LogP) is 11.7. The normalized spacial score (nSPS) is 9.89. The van der Waals surface area contributed by atoms with Gasteiger partial charge in [-0.05, 0) is 57.3 Å². The molecule has 188 valence electrons. The number of hydrogen-bond acceptors (Lipinski definition) is 1. The minimum absolute atomic E-state index is 1.16. The summed E-state index contributed by atoms with van der Waals surface area (Å²) in [6.07, 6.45) is 0. The molecule has 0 saturated heterocycles. The Hall–Kier alpha value is -4.10. The van der Waals surface area contributed by atoms with Gasteiger partial charge in [0, 0.05) is 16.8 Å². The van der Waals surface area contributed by atoms with Crippen molar-refractivity contribution in [1.29, 1.82) is 0 Å². The summed E-state index contributed by atoms with van der Waals surface area (Å²) < 4.78 is 0. The average Bonchev–Trinajstić information content (AvgIpc) is 3.00. The van der Waals surface area contributed by atoms with Gasteiger partial charge in [-0.25, -0.2) is 0 Å². The first-order valence-corrected chi connectivity index (χ1v) is 13.6. The number of rotatable bonds is 3. The van der Waals surface area contributed by atoms with E-state index in [1.165, 1.54) is 38.0 Å². The summed E-state index contributed by atoms with van der Waals surface area (Å²) in [6, 6.07) is 45.7. The van der Waals surface area contributed by atoms with Crippen LogP contribution in [-0.4, -0.2) is 0 Å². The Balaban J connectivity index is 0.000000593. The fourth-order valence-electron chi connectivity index (χ4n) is 4.46. The lowest BCUT2D eigenvalue weighted by molar-refractivity contribution is 1.31. The summed E-state index contributed by atoms with van der Waals surface area (Å²) in [4.78, 5) is 2.38. The van der Waals surface area contributed by atoms with Crippen LogP contribution in [0.25, 0.3) is 32.3 Å². The summed E-state index contributed by atoms with van der Waals surface area (Å²) in [6.45, 7) is 12.0. The van der Waals surface area contributed by atoms with Crippen molar-refractivity contribution in [2.75, 3.05) is 4.90 Å². The third kappa shape index (κ3) is 6.01. The van der Waals surface area contributed by atoms with E-state index in [1.807, 2.05) is 41.5 Å². The van der Waals surface area contributed by atoms with E-state index in [9.17, 15) is 0 Å². The molecule has 0 heterocycles. The van der Waals surface area contributed by atoms with Crippen LogP contribution in [0.1, 0.15) is 41.5 Å². The average molecular weight is 486 g/mol. The smallest absolute Gasteiger partial charge is 0.0540 e. The Morgan fingerprint density at radius 1 is 0.351 bits per heavy atom. The van der Waals surface area contributed by atoms with Gasteiger partial charge in [0.2, 0.25) is 0 Å². The van der Waals surface area contributed by atoms with Crippen molar-refractivity contribution < 1.29 is 0 Å². The van der Waals surface area contributed by atoms with E-state index in [4.69, 9.17) is 0 Å². The molecular weight excluding hydrogens is 446 g/mol. The van der Waals surface area contributed by atoms with Crippen LogP contribution in [0.2, 0.25) is 0 Å². The molecule has 0 unspecified atom stereocenters. The third-order valence-electron chi connectivity index (χ3n) is 5.99. The monoisotopic (exact) mass is 485 g/mol. The Morgan fingerprint density at radius 2 is 0.757 bits per heavy atom. The Labute approximate surface area is 223 Å². The second-order valence-electron chi connectivity index (χ2n) is 7.90. The van der Waals surface area contributed by atoms with Crippen LogP contribution in [0.4, 0.5) is 17.1 Å². The van der Waals surface area contributed by atoms with Gasteiger partial charge in [0.05, 0.1) is 5.69 Å². The Bertz CT molecular complexity index is 1460. The van der Waals surface area contributed by atoms with E-state index in [1.54, 1.807) is 0 Å². The third-order valence-corrected chi connectivity index (χ3v) is 5.99. The van der Waals surface area contributed by atoms with Crippen LogP contribution >= 0.6 is 0 Å². The SMILES string of the molecule is CC.CC.CC.c1ccc2cc(N(c3ccc4ccccc4c3)c3cccc4ccccc34)ccc2c1. The van der Waals surface area contributed by atoms with Gasteiger partial charge in [0.1, 0.15) is 0 Å². The van der Waals surface area contributed by atoms with Crippen molar-refractivity contribution in [3.8, 4) is 0 Å². The first-order valence-electron chi connectivity index (χ1n) is 13.6. The number of nitrogens with zero attached hydrogens (tertiary/aromatic N) is 1. The standard InChI is InChI=1S/C30H21N.3C2H6/c1-3-11-25-20-27(18-16-22(25)8-1)31(28-19-17-23-9-2-4-12-26(23)21-28)30-15-7-13-24-10-5-6-14-29(24)30;3*1-2/h1-21H;3*1-2H3. The second kappa shape index (κ2) is 13.8. The van der Waals surface area contributed by atoms with Gasteiger partial charge in [-0.15, -0.1) is 0 Å². The van der Waals surface area contributed by atoms with Crippen molar-refractivity contribution in [1.82, 2.24) is 0 Å². The first kappa shape index (κ1) is 27.5. The Kier molecular flexibility index (Phi) is 10.3. The lowest BCUT2D eigenvalue weighted by Crippen LogP contribution is -2.10. The summed E-state index contributed by atoms with van der Waals surface area (Å²) >= 11 is 0. The van der Waals surface area contributed by atoms with E-state index in [2.05, 4.69) is 132 Å². The van der Waals surface area contributed by atoms with Crippen molar-refractivity contribution in [2.45, 2.75) is 41.5 Å². The zero-order chi connectivity index (χ0) is 26.6. The highest BCUT2D eigenvalue weighted by Crippen LogP contribution is 2.40. The van der Waals surface area contributed by atoms with Gasteiger partial charge in [0.15, 0.2) is 0 Å². The number of hydrogen-bond donors (Lipinski definition) is 0. The largest absolute Gasteiger partial charge is 0.310 e. The molecule has 1 nitrogen and oxygen atoms in total. The summed E-state index contributed by atoms with van der Waals surface area (Å²) in [5.74, 6) is 0. The summed E-state index contributed by atoms with van der Waals surface area (Å²) in [5, 5.41) is 7.47. The predicted molar refractivity (Wildman–Crippen MR) is 168 cm³/mol. The summed E-state index contributed by atoms with van der Waals surface area (Å²) in [5.41, 5.74) is 3.50. The fraction of sp³-hybridized carbons (Fsp3) is 0.167. The second-order valence-corrected chi connectivity index (χ2v) is 7.90. The lowest BCUT2D eigenvalue weighted by atomic mass is 10.0. The molecule has 0 bridgehead atoms. The highest BCUT2D eigenvalue weighted by Gasteiger charge is 2.16. The van der Waals surface area contributed by atoms with E-state index >= 15 is 0 Å². The lowest BCUT2D eigenvalue weighted by Gasteiger charge is -2.27. The molecule has 0 fully saturated rings. The van der Waals surface area contributed by atoms with Crippen molar-refractivity contribution in [2.24, 2.45) is 0 Å². The molecule has 0 aromatic heterocycles. The van der Waals surface area contributed by atoms with Crippen molar-refractivity contribution >= 4 is 49.4 Å².